The molecule has 0 bridgehead atoms. The SMILES string of the molecule is CC=CCOc1cc2ccc(CCC3CCC(C4CCC(/C=C/CCC)CC4)CC3)cc2c(F)c1F. The molecule has 1 nitrogen and oxygen atoms in total. The Labute approximate surface area is 217 Å². The molecule has 2 aromatic carbocycles. The second-order valence-corrected chi connectivity index (χ2v) is 11.1. The third-order valence-electron chi connectivity index (χ3n) is 8.70. The van der Waals surface area contributed by atoms with Crippen LogP contribution in [-0.2, 0) is 6.42 Å². The fourth-order valence-corrected chi connectivity index (χ4v) is 6.43. The van der Waals surface area contributed by atoms with Crippen molar-refractivity contribution in [2.24, 2.45) is 23.7 Å². The Morgan fingerprint density at radius 1 is 0.889 bits per heavy atom. The first-order chi connectivity index (χ1) is 17.6. The number of aryl methyl sites for hydroxylation is 1. The average Bonchev–Trinajstić information content (AvgIpc) is 2.91. The van der Waals surface area contributed by atoms with Gasteiger partial charge < -0.3 is 4.74 Å². The topological polar surface area (TPSA) is 9.23 Å². The van der Waals surface area contributed by atoms with Gasteiger partial charge >= 0.3 is 0 Å². The van der Waals surface area contributed by atoms with Gasteiger partial charge in [-0.1, -0.05) is 62.6 Å². The number of fused-ring (bicyclic) bond motifs is 1. The molecule has 3 heteroatoms. The van der Waals surface area contributed by atoms with Crippen molar-refractivity contribution < 1.29 is 13.5 Å². The minimum Gasteiger partial charge on any atom is -0.486 e. The summed E-state index contributed by atoms with van der Waals surface area (Å²) in [7, 11) is 0. The maximum atomic E-state index is 14.8. The predicted octanol–water partition coefficient (Wildman–Crippen LogP) is 9.97. The Kier molecular flexibility index (Phi) is 10.0. The minimum atomic E-state index is -0.895. The van der Waals surface area contributed by atoms with E-state index in [0.717, 1.165) is 42.1 Å². The molecule has 2 aliphatic rings. The summed E-state index contributed by atoms with van der Waals surface area (Å²) in [5.41, 5.74) is 1.10. The maximum Gasteiger partial charge on any atom is 0.201 e. The van der Waals surface area contributed by atoms with Crippen molar-refractivity contribution in [1.29, 1.82) is 0 Å². The number of halogens is 2. The molecule has 0 atom stereocenters. The van der Waals surface area contributed by atoms with Gasteiger partial charge in [0, 0.05) is 5.39 Å². The molecule has 0 heterocycles. The minimum absolute atomic E-state index is 0.0240. The molecular formula is C33H44F2O. The monoisotopic (exact) mass is 494 g/mol. The van der Waals surface area contributed by atoms with Gasteiger partial charge in [0.15, 0.2) is 11.6 Å². The predicted molar refractivity (Wildman–Crippen MR) is 147 cm³/mol. The zero-order valence-electron chi connectivity index (χ0n) is 22.3. The Balaban J connectivity index is 1.25. The Hall–Kier alpha value is -2.16. The third-order valence-corrected chi connectivity index (χ3v) is 8.70. The summed E-state index contributed by atoms with van der Waals surface area (Å²) in [5, 5.41) is 1.04. The molecule has 0 radical (unpaired) electrons. The van der Waals surface area contributed by atoms with E-state index in [-0.39, 0.29) is 12.4 Å². The van der Waals surface area contributed by atoms with Crippen LogP contribution in [0.15, 0.2) is 48.6 Å². The lowest BCUT2D eigenvalue weighted by molar-refractivity contribution is 0.152. The van der Waals surface area contributed by atoms with Crippen molar-refractivity contribution in [1.82, 2.24) is 0 Å². The average molecular weight is 495 g/mol. The molecule has 196 valence electrons. The number of hydrogen-bond acceptors (Lipinski definition) is 1. The first kappa shape index (κ1) is 26.9. The number of ether oxygens (including phenoxy) is 1. The second-order valence-electron chi connectivity index (χ2n) is 11.1. The normalized spacial score (nSPS) is 25.2. The van der Waals surface area contributed by atoms with E-state index in [4.69, 9.17) is 4.74 Å². The quantitative estimate of drug-likeness (QED) is 0.299. The summed E-state index contributed by atoms with van der Waals surface area (Å²) < 4.78 is 34.7. The summed E-state index contributed by atoms with van der Waals surface area (Å²) in [6.07, 6.45) is 24.0. The van der Waals surface area contributed by atoms with Gasteiger partial charge in [0.05, 0.1) is 0 Å². The first-order valence-electron chi connectivity index (χ1n) is 14.4. The van der Waals surface area contributed by atoms with Gasteiger partial charge in [-0.15, -0.1) is 0 Å². The lowest BCUT2D eigenvalue weighted by Crippen LogP contribution is -2.25. The summed E-state index contributed by atoms with van der Waals surface area (Å²) in [6.45, 7) is 4.35. The highest BCUT2D eigenvalue weighted by Gasteiger charge is 2.30. The molecule has 2 fully saturated rings. The van der Waals surface area contributed by atoms with E-state index in [2.05, 4.69) is 25.1 Å². The van der Waals surface area contributed by atoms with Gasteiger partial charge in [0.2, 0.25) is 5.82 Å². The van der Waals surface area contributed by atoms with Crippen LogP contribution in [0.25, 0.3) is 10.8 Å². The van der Waals surface area contributed by atoms with Gasteiger partial charge in [-0.05, 0) is 111 Å². The largest absolute Gasteiger partial charge is 0.486 e. The van der Waals surface area contributed by atoms with Crippen molar-refractivity contribution in [3.05, 3.63) is 65.8 Å². The van der Waals surface area contributed by atoms with Crippen LogP contribution in [0, 0.1) is 35.3 Å². The van der Waals surface area contributed by atoms with E-state index >= 15 is 0 Å². The third kappa shape index (κ3) is 6.99. The number of allylic oxidation sites excluding steroid dienone is 3. The Morgan fingerprint density at radius 3 is 2.31 bits per heavy atom. The molecular weight excluding hydrogens is 450 g/mol. The molecule has 4 rings (SSSR count). The number of rotatable bonds is 10. The highest BCUT2D eigenvalue weighted by Crippen LogP contribution is 2.42. The smallest absolute Gasteiger partial charge is 0.201 e. The van der Waals surface area contributed by atoms with Crippen LogP contribution in [0.4, 0.5) is 8.78 Å². The summed E-state index contributed by atoms with van der Waals surface area (Å²) in [5.74, 6) is 1.71. The van der Waals surface area contributed by atoms with Gasteiger partial charge in [-0.2, -0.15) is 4.39 Å². The zero-order valence-corrected chi connectivity index (χ0v) is 22.3. The van der Waals surface area contributed by atoms with Crippen molar-refractivity contribution in [3.8, 4) is 5.75 Å². The van der Waals surface area contributed by atoms with Gasteiger partial charge in [0.1, 0.15) is 6.61 Å². The molecule has 0 aromatic heterocycles. The molecule has 2 aliphatic carbocycles. The Morgan fingerprint density at radius 2 is 1.61 bits per heavy atom. The number of unbranched alkanes of at least 4 members (excludes halogenated alkanes) is 1. The van der Waals surface area contributed by atoms with Crippen LogP contribution < -0.4 is 4.74 Å². The lowest BCUT2D eigenvalue weighted by Gasteiger charge is -2.37. The summed E-state index contributed by atoms with van der Waals surface area (Å²) in [4.78, 5) is 0. The van der Waals surface area contributed by atoms with Crippen molar-refractivity contribution >= 4 is 10.8 Å². The summed E-state index contributed by atoms with van der Waals surface area (Å²) in [6, 6.07) is 7.41. The van der Waals surface area contributed by atoms with E-state index < -0.39 is 11.6 Å². The van der Waals surface area contributed by atoms with Crippen molar-refractivity contribution in [2.45, 2.75) is 90.9 Å². The van der Waals surface area contributed by atoms with Gasteiger partial charge in [0.25, 0.3) is 0 Å². The van der Waals surface area contributed by atoms with Crippen LogP contribution in [0.3, 0.4) is 0 Å². The van der Waals surface area contributed by atoms with E-state index in [9.17, 15) is 8.78 Å². The molecule has 2 aromatic rings. The molecule has 0 N–H and O–H groups in total. The standard InChI is InChI=1S/C33H44F2O/c1-3-5-7-8-24-11-16-27(17-12-24)28-18-13-25(14-19-28)9-10-26-15-20-29-23-31(36-21-6-4-2)33(35)32(34)30(29)22-26/h4,6-8,15,20,22-25,27-28H,3,5,9-14,16-19,21H2,1-2H3/b6-4?,8-7+. The lowest BCUT2D eigenvalue weighted by atomic mass is 9.68. The zero-order chi connectivity index (χ0) is 25.3. The first-order valence-corrected chi connectivity index (χ1v) is 14.4. The summed E-state index contributed by atoms with van der Waals surface area (Å²) >= 11 is 0. The van der Waals surface area contributed by atoms with Crippen LogP contribution in [-0.4, -0.2) is 6.61 Å². The molecule has 0 saturated heterocycles. The van der Waals surface area contributed by atoms with Crippen molar-refractivity contribution in [2.75, 3.05) is 6.61 Å². The van der Waals surface area contributed by atoms with Crippen molar-refractivity contribution in [3.63, 3.8) is 0 Å². The second kappa shape index (κ2) is 13.4. The highest BCUT2D eigenvalue weighted by molar-refractivity contribution is 5.85. The van der Waals surface area contributed by atoms with Crippen LogP contribution in [0.5, 0.6) is 5.75 Å². The van der Waals surface area contributed by atoms with Gasteiger partial charge in [-0.3, -0.25) is 0 Å². The van der Waals surface area contributed by atoms with E-state index in [1.54, 1.807) is 12.1 Å². The van der Waals surface area contributed by atoms with E-state index in [0.29, 0.717) is 10.8 Å². The molecule has 36 heavy (non-hydrogen) atoms. The fourth-order valence-electron chi connectivity index (χ4n) is 6.43. The Bertz CT molecular complexity index is 1020. The van der Waals surface area contributed by atoms with E-state index in [1.165, 1.54) is 64.2 Å². The molecule has 2 saturated carbocycles. The fraction of sp³-hybridized carbons (Fsp3) is 0.576. The van der Waals surface area contributed by atoms with Gasteiger partial charge in [-0.25, -0.2) is 4.39 Å². The van der Waals surface area contributed by atoms with Crippen LogP contribution in [0.1, 0.15) is 90.0 Å². The molecule has 0 spiro atoms. The number of hydrogen-bond donors (Lipinski definition) is 0. The molecule has 0 amide bonds. The van der Waals surface area contributed by atoms with E-state index in [1.807, 2.05) is 25.1 Å². The molecule has 0 unspecified atom stereocenters. The number of benzene rings is 2. The van der Waals surface area contributed by atoms with Crippen LogP contribution >= 0.6 is 0 Å². The maximum absolute atomic E-state index is 14.8. The molecule has 0 aliphatic heterocycles. The highest BCUT2D eigenvalue weighted by atomic mass is 19.2. The van der Waals surface area contributed by atoms with Crippen LogP contribution in [0.2, 0.25) is 0 Å².